The third-order valence-electron chi connectivity index (χ3n) is 3.98. The summed E-state index contributed by atoms with van der Waals surface area (Å²) in [4.78, 5) is 17.8. The van der Waals surface area contributed by atoms with Crippen molar-refractivity contribution in [2.24, 2.45) is 4.99 Å². The average Bonchev–Trinajstić information content (AvgIpc) is 2.96. The molecule has 3 rings (SSSR count). The second kappa shape index (κ2) is 7.89. The number of aromatic nitrogens is 1. The largest absolute Gasteiger partial charge is 0.497 e. The van der Waals surface area contributed by atoms with E-state index in [9.17, 15) is 4.79 Å². The maximum atomic E-state index is 12.7. The predicted octanol–water partition coefficient (Wildman–Crippen LogP) is 4.12. The highest BCUT2D eigenvalue weighted by Crippen LogP contribution is 2.23. The molecule has 2 aromatic carbocycles. The zero-order valence-electron chi connectivity index (χ0n) is 14.5. The number of aryl methyl sites for hydroxylation is 2. The Bertz CT molecular complexity index is 973. The fourth-order valence-electron chi connectivity index (χ4n) is 2.62. The van der Waals surface area contributed by atoms with Crippen LogP contribution in [0, 0.1) is 6.92 Å². The standard InChI is InChI=1S/C19H20N2O2S2/c1-13-6-4-5-7-15(13)18(22)20-19-21(10-11-24-3)16-9-8-14(23-2)12-17(16)25-19/h4-9,12H,10-11H2,1-3H3. The van der Waals surface area contributed by atoms with Gasteiger partial charge >= 0.3 is 0 Å². The van der Waals surface area contributed by atoms with Crippen molar-refractivity contribution in [1.29, 1.82) is 0 Å². The van der Waals surface area contributed by atoms with Crippen molar-refractivity contribution in [2.75, 3.05) is 19.1 Å². The quantitative estimate of drug-likeness (QED) is 0.676. The lowest BCUT2D eigenvalue weighted by Gasteiger charge is -2.05. The first-order valence-corrected chi connectivity index (χ1v) is 10.2. The molecule has 0 atom stereocenters. The summed E-state index contributed by atoms with van der Waals surface area (Å²) in [5.74, 6) is 1.57. The summed E-state index contributed by atoms with van der Waals surface area (Å²) in [6.07, 6.45) is 2.08. The van der Waals surface area contributed by atoms with Crippen LogP contribution in [0.15, 0.2) is 47.5 Å². The molecule has 0 saturated heterocycles. The zero-order chi connectivity index (χ0) is 17.8. The van der Waals surface area contributed by atoms with E-state index in [-0.39, 0.29) is 5.91 Å². The molecule has 130 valence electrons. The smallest absolute Gasteiger partial charge is 0.279 e. The van der Waals surface area contributed by atoms with E-state index in [4.69, 9.17) is 4.74 Å². The minimum atomic E-state index is -0.200. The van der Waals surface area contributed by atoms with E-state index >= 15 is 0 Å². The Balaban J connectivity index is 2.13. The maximum absolute atomic E-state index is 12.7. The van der Waals surface area contributed by atoms with Gasteiger partial charge in [-0.2, -0.15) is 16.8 Å². The molecular weight excluding hydrogens is 352 g/mol. The topological polar surface area (TPSA) is 43.6 Å². The average molecular weight is 373 g/mol. The van der Waals surface area contributed by atoms with Crippen LogP contribution in [-0.4, -0.2) is 29.6 Å². The summed E-state index contributed by atoms with van der Waals surface area (Å²) in [6.45, 7) is 2.74. The fourth-order valence-corrected chi connectivity index (χ4v) is 4.07. The van der Waals surface area contributed by atoms with Crippen molar-refractivity contribution < 1.29 is 9.53 Å². The van der Waals surface area contributed by atoms with Crippen molar-refractivity contribution in [3.63, 3.8) is 0 Å². The summed E-state index contributed by atoms with van der Waals surface area (Å²) in [5.41, 5.74) is 2.67. The molecular formula is C19H20N2O2S2. The van der Waals surface area contributed by atoms with Gasteiger partial charge in [-0.15, -0.1) is 0 Å². The van der Waals surface area contributed by atoms with Gasteiger partial charge in [-0.1, -0.05) is 29.5 Å². The van der Waals surface area contributed by atoms with Crippen LogP contribution in [0.1, 0.15) is 15.9 Å². The van der Waals surface area contributed by atoms with E-state index in [1.165, 1.54) is 11.3 Å². The highest BCUT2D eigenvalue weighted by molar-refractivity contribution is 7.98. The second-order valence-electron chi connectivity index (χ2n) is 5.59. The van der Waals surface area contributed by atoms with Crippen LogP contribution < -0.4 is 9.54 Å². The number of ether oxygens (including phenoxy) is 1. The summed E-state index contributed by atoms with van der Waals surface area (Å²) >= 11 is 3.29. The van der Waals surface area contributed by atoms with Gasteiger partial charge in [-0.3, -0.25) is 4.79 Å². The van der Waals surface area contributed by atoms with Crippen LogP contribution in [0.2, 0.25) is 0 Å². The van der Waals surface area contributed by atoms with Gasteiger partial charge in [0, 0.05) is 17.9 Å². The van der Waals surface area contributed by atoms with Crippen LogP contribution in [0.5, 0.6) is 5.75 Å². The molecule has 1 amide bonds. The number of carbonyl (C=O) groups excluding carboxylic acids is 1. The lowest BCUT2D eigenvalue weighted by molar-refractivity contribution is 0.0997. The third-order valence-corrected chi connectivity index (χ3v) is 5.61. The number of hydrogen-bond acceptors (Lipinski definition) is 4. The third kappa shape index (κ3) is 3.80. The van der Waals surface area contributed by atoms with Gasteiger partial charge in [0.1, 0.15) is 5.75 Å². The summed E-state index contributed by atoms with van der Waals surface area (Å²) in [5, 5.41) is 0. The van der Waals surface area contributed by atoms with Crippen molar-refractivity contribution in [2.45, 2.75) is 13.5 Å². The van der Waals surface area contributed by atoms with Gasteiger partial charge in [-0.05, 0) is 43.0 Å². The van der Waals surface area contributed by atoms with Crippen molar-refractivity contribution in [3.8, 4) is 5.75 Å². The normalized spacial score (nSPS) is 11.9. The first-order chi connectivity index (χ1) is 12.1. The molecule has 3 aromatic rings. The van der Waals surface area contributed by atoms with Crippen LogP contribution >= 0.6 is 23.1 Å². The SMILES string of the molecule is COc1ccc2c(c1)sc(=NC(=O)c1ccccc1C)n2CCSC. The van der Waals surface area contributed by atoms with E-state index in [1.807, 2.05) is 49.4 Å². The first kappa shape index (κ1) is 17.8. The summed E-state index contributed by atoms with van der Waals surface area (Å²) < 4.78 is 8.50. The number of nitrogens with zero attached hydrogens (tertiary/aromatic N) is 2. The monoisotopic (exact) mass is 372 g/mol. The number of fused-ring (bicyclic) bond motifs is 1. The number of carbonyl (C=O) groups is 1. The van der Waals surface area contributed by atoms with Gasteiger partial charge in [0.05, 0.1) is 17.3 Å². The van der Waals surface area contributed by atoms with Crippen LogP contribution in [0.25, 0.3) is 10.2 Å². The Labute approximate surface area is 155 Å². The Morgan fingerprint density at radius 1 is 1.28 bits per heavy atom. The van der Waals surface area contributed by atoms with E-state index in [1.54, 1.807) is 18.9 Å². The Hall–Kier alpha value is -2.05. The van der Waals surface area contributed by atoms with Crippen LogP contribution in [0.4, 0.5) is 0 Å². The van der Waals surface area contributed by atoms with Gasteiger partial charge in [0.15, 0.2) is 4.80 Å². The molecule has 0 radical (unpaired) electrons. The number of amides is 1. The minimum Gasteiger partial charge on any atom is -0.497 e. The number of rotatable bonds is 5. The molecule has 0 spiro atoms. The molecule has 1 aromatic heterocycles. The molecule has 0 fully saturated rings. The molecule has 0 aliphatic heterocycles. The predicted molar refractivity (Wildman–Crippen MR) is 106 cm³/mol. The number of methoxy groups -OCH3 is 1. The van der Waals surface area contributed by atoms with E-state index in [0.29, 0.717) is 5.56 Å². The molecule has 0 unspecified atom stereocenters. The summed E-state index contributed by atoms with van der Waals surface area (Å²) in [7, 11) is 1.66. The molecule has 0 aliphatic carbocycles. The van der Waals surface area contributed by atoms with Gasteiger partial charge in [-0.25, -0.2) is 0 Å². The molecule has 6 heteroatoms. The molecule has 0 bridgehead atoms. The molecule has 1 heterocycles. The highest BCUT2D eigenvalue weighted by Gasteiger charge is 2.11. The molecule has 0 N–H and O–H groups in total. The second-order valence-corrected chi connectivity index (χ2v) is 7.59. The van der Waals surface area contributed by atoms with Crippen molar-refractivity contribution in [3.05, 3.63) is 58.4 Å². The minimum absolute atomic E-state index is 0.200. The zero-order valence-corrected chi connectivity index (χ0v) is 16.1. The summed E-state index contributed by atoms with van der Waals surface area (Å²) in [6, 6.07) is 13.5. The number of hydrogen-bond donors (Lipinski definition) is 0. The highest BCUT2D eigenvalue weighted by atomic mass is 32.2. The first-order valence-electron chi connectivity index (χ1n) is 7.95. The van der Waals surface area contributed by atoms with Crippen LogP contribution in [0.3, 0.4) is 0 Å². The van der Waals surface area contributed by atoms with E-state index < -0.39 is 0 Å². The molecule has 0 saturated carbocycles. The van der Waals surface area contributed by atoms with Gasteiger partial charge in [0.25, 0.3) is 5.91 Å². The van der Waals surface area contributed by atoms with Gasteiger partial charge < -0.3 is 9.30 Å². The van der Waals surface area contributed by atoms with E-state index in [2.05, 4.69) is 15.8 Å². The van der Waals surface area contributed by atoms with Gasteiger partial charge in [0.2, 0.25) is 0 Å². The van der Waals surface area contributed by atoms with E-state index in [0.717, 1.165) is 38.6 Å². The van der Waals surface area contributed by atoms with Crippen molar-refractivity contribution in [1.82, 2.24) is 4.57 Å². The Morgan fingerprint density at radius 2 is 2.08 bits per heavy atom. The van der Waals surface area contributed by atoms with Crippen molar-refractivity contribution >= 4 is 39.2 Å². The number of thioether (sulfide) groups is 1. The molecule has 0 aliphatic rings. The maximum Gasteiger partial charge on any atom is 0.279 e. The number of benzene rings is 2. The molecule has 4 nitrogen and oxygen atoms in total. The lowest BCUT2D eigenvalue weighted by atomic mass is 10.1. The Kier molecular flexibility index (Phi) is 5.60. The Morgan fingerprint density at radius 3 is 2.80 bits per heavy atom. The lowest BCUT2D eigenvalue weighted by Crippen LogP contribution is -2.18. The number of thiazole rings is 1. The molecule has 25 heavy (non-hydrogen) atoms. The van der Waals surface area contributed by atoms with Crippen LogP contribution in [-0.2, 0) is 6.54 Å². The fraction of sp³-hybridized carbons (Fsp3) is 0.263.